The molecule has 0 spiro atoms. The van der Waals surface area contributed by atoms with Crippen molar-refractivity contribution < 1.29 is 13.8 Å². The van der Waals surface area contributed by atoms with Gasteiger partial charge in [0.05, 0.1) is 12.1 Å². The van der Waals surface area contributed by atoms with Gasteiger partial charge in [-0.2, -0.15) is 4.98 Å². The van der Waals surface area contributed by atoms with Crippen LogP contribution in [0, 0.1) is 0 Å². The fraction of sp³-hybridized carbons (Fsp3) is 0.625. The summed E-state index contributed by atoms with van der Waals surface area (Å²) in [5, 5.41) is 10.7. The van der Waals surface area contributed by atoms with Crippen LogP contribution in [0.5, 0.6) is 0 Å². The number of carbonyl (C=O) groups excluding carboxylic acids is 1. The Hall–Kier alpha value is -2.22. The fourth-order valence-corrected chi connectivity index (χ4v) is 1.98. The van der Waals surface area contributed by atoms with E-state index in [1.54, 1.807) is 19.9 Å². The van der Waals surface area contributed by atoms with E-state index in [-0.39, 0.29) is 17.0 Å². The van der Waals surface area contributed by atoms with E-state index in [4.69, 9.17) is 9.05 Å². The minimum absolute atomic E-state index is 0.213. The molecular formula is C16H25N5O3. The highest BCUT2D eigenvalue weighted by Gasteiger charge is 2.31. The van der Waals surface area contributed by atoms with Crippen molar-refractivity contribution >= 4 is 5.91 Å². The Bertz CT molecular complexity index is 709. The number of rotatable bonds is 5. The molecule has 0 radical (unpaired) electrons. The summed E-state index contributed by atoms with van der Waals surface area (Å²) in [4.78, 5) is 18.7. The zero-order chi connectivity index (χ0) is 18.1. The first-order chi connectivity index (χ1) is 11.0. The second-order valence-corrected chi connectivity index (χ2v) is 7.66. The Morgan fingerprint density at radius 1 is 1.17 bits per heavy atom. The summed E-state index contributed by atoms with van der Waals surface area (Å²) in [5.41, 5.74) is -0.785. The monoisotopic (exact) mass is 335 g/mol. The summed E-state index contributed by atoms with van der Waals surface area (Å²) in [6.45, 7) is 10.1. The molecule has 0 fully saturated rings. The normalized spacial score (nSPS) is 12.7. The van der Waals surface area contributed by atoms with E-state index in [2.05, 4.69) is 20.6 Å². The molecule has 2 heterocycles. The molecule has 24 heavy (non-hydrogen) atoms. The SMILES string of the molecule is CN(C)Cc1nc(C(C)(C)NC(=O)c2cc(C(C)(C)C)on2)no1. The predicted octanol–water partition coefficient (Wildman–Crippen LogP) is 2.08. The first-order valence-corrected chi connectivity index (χ1v) is 7.76. The molecule has 0 aliphatic rings. The molecule has 2 rings (SSSR count). The molecular weight excluding hydrogens is 310 g/mol. The molecule has 8 heteroatoms. The summed E-state index contributed by atoms with van der Waals surface area (Å²) in [6, 6.07) is 1.65. The van der Waals surface area contributed by atoms with E-state index >= 15 is 0 Å². The van der Waals surface area contributed by atoms with Crippen molar-refractivity contribution in [2.75, 3.05) is 14.1 Å². The van der Waals surface area contributed by atoms with Crippen LogP contribution in [-0.4, -0.2) is 40.2 Å². The molecule has 0 atom stereocenters. The summed E-state index contributed by atoms with van der Waals surface area (Å²) < 4.78 is 10.5. The van der Waals surface area contributed by atoms with Crippen molar-refractivity contribution in [3.8, 4) is 0 Å². The molecule has 2 aromatic heterocycles. The van der Waals surface area contributed by atoms with Gasteiger partial charge in [0.2, 0.25) is 5.89 Å². The topological polar surface area (TPSA) is 97.3 Å². The Labute approximate surface area is 141 Å². The highest BCUT2D eigenvalue weighted by atomic mass is 16.5. The lowest BCUT2D eigenvalue weighted by Crippen LogP contribution is -2.42. The van der Waals surface area contributed by atoms with Crippen LogP contribution in [0.4, 0.5) is 0 Å². The van der Waals surface area contributed by atoms with Gasteiger partial charge in [0, 0.05) is 11.5 Å². The smallest absolute Gasteiger partial charge is 0.274 e. The van der Waals surface area contributed by atoms with Crippen LogP contribution in [0.15, 0.2) is 15.1 Å². The summed E-state index contributed by atoms with van der Waals surface area (Å²) >= 11 is 0. The van der Waals surface area contributed by atoms with Crippen LogP contribution in [0.2, 0.25) is 0 Å². The predicted molar refractivity (Wildman–Crippen MR) is 87.4 cm³/mol. The highest BCUT2D eigenvalue weighted by molar-refractivity contribution is 5.92. The van der Waals surface area contributed by atoms with Crippen molar-refractivity contribution in [1.82, 2.24) is 25.5 Å². The van der Waals surface area contributed by atoms with E-state index in [0.29, 0.717) is 24.0 Å². The third-order valence-corrected chi connectivity index (χ3v) is 3.39. The maximum atomic E-state index is 12.4. The first-order valence-electron chi connectivity index (χ1n) is 7.76. The van der Waals surface area contributed by atoms with Crippen molar-refractivity contribution in [1.29, 1.82) is 0 Å². The van der Waals surface area contributed by atoms with Gasteiger partial charge in [-0.25, -0.2) is 0 Å². The maximum Gasteiger partial charge on any atom is 0.274 e. The molecule has 0 saturated heterocycles. The average Bonchev–Trinajstić information content (AvgIpc) is 3.04. The second-order valence-electron chi connectivity index (χ2n) is 7.66. The van der Waals surface area contributed by atoms with Gasteiger partial charge in [0.25, 0.3) is 5.91 Å². The molecule has 0 bridgehead atoms. The molecule has 1 amide bonds. The quantitative estimate of drug-likeness (QED) is 0.893. The van der Waals surface area contributed by atoms with Crippen molar-refractivity contribution in [3.63, 3.8) is 0 Å². The van der Waals surface area contributed by atoms with Crippen LogP contribution in [-0.2, 0) is 17.5 Å². The number of aromatic nitrogens is 3. The van der Waals surface area contributed by atoms with Gasteiger partial charge >= 0.3 is 0 Å². The van der Waals surface area contributed by atoms with Gasteiger partial charge in [0.15, 0.2) is 11.5 Å². The number of amides is 1. The number of hydrogen-bond donors (Lipinski definition) is 1. The Morgan fingerprint density at radius 3 is 2.38 bits per heavy atom. The number of hydrogen-bond acceptors (Lipinski definition) is 7. The standard InChI is InChI=1S/C16H25N5O3/c1-15(2,3)11-8-10(19-23-11)13(22)18-16(4,5)14-17-12(24-20-14)9-21(6)7/h8H,9H2,1-7H3,(H,18,22). The van der Waals surface area contributed by atoms with Crippen molar-refractivity contribution in [2.24, 2.45) is 0 Å². The molecule has 0 aliphatic heterocycles. The third kappa shape index (κ3) is 4.19. The van der Waals surface area contributed by atoms with Gasteiger partial charge in [-0.15, -0.1) is 0 Å². The Morgan fingerprint density at radius 2 is 1.83 bits per heavy atom. The van der Waals surface area contributed by atoms with E-state index < -0.39 is 5.54 Å². The molecule has 0 aliphatic carbocycles. The lowest BCUT2D eigenvalue weighted by Gasteiger charge is -2.21. The van der Waals surface area contributed by atoms with Gasteiger partial charge in [-0.3, -0.25) is 4.79 Å². The number of carbonyl (C=O) groups is 1. The lowest BCUT2D eigenvalue weighted by molar-refractivity contribution is 0.0897. The second kappa shape index (κ2) is 6.35. The van der Waals surface area contributed by atoms with Gasteiger partial charge in [0.1, 0.15) is 5.76 Å². The molecule has 0 saturated carbocycles. The summed E-state index contributed by atoms with van der Waals surface area (Å²) in [7, 11) is 3.82. The van der Waals surface area contributed by atoms with E-state index in [1.165, 1.54) is 0 Å². The third-order valence-electron chi connectivity index (χ3n) is 3.39. The minimum Gasteiger partial charge on any atom is -0.360 e. The largest absolute Gasteiger partial charge is 0.360 e. The van der Waals surface area contributed by atoms with Crippen LogP contribution in [0.3, 0.4) is 0 Å². The molecule has 0 aromatic carbocycles. The number of nitrogens with one attached hydrogen (secondary N) is 1. The molecule has 1 N–H and O–H groups in total. The average molecular weight is 335 g/mol. The minimum atomic E-state index is -0.800. The zero-order valence-corrected chi connectivity index (χ0v) is 15.3. The van der Waals surface area contributed by atoms with Crippen LogP contribution >= 0.6 is 0 Å². The van der Waals surface area contributed by atoms with Gasteiger partial charge in [-0.05, 0) is 27.9 Å². The van der Waals surface area contributed by atoms with Crippen molar-refractivity contribution in [3.05, 3.63) is 29.2 Å². The van der Waals surface area contributed by atoms with Crippen LogP contribution in [0.1, 0.15) is 62.6 Å². The fourth-order valence-electron chi connectivity index (χ4n) is 1.98. The molecule has 2 aromatic rings. The lowest BCUT2D eigenvalue weighted by atomic mass is 9.93. The maximum absolute atomic E-state index is 12.4. The number of nitrogens with zero attached hydrogens (tertiary/aromatic N) is 4. The summed E-state index contributed by atoms with van der Waals surface area (Å²) in [6.07, 6.45) is 0. The molecule has 8 nitrogen and oxygen atoms in total. The summed E-state index contributed by atoms with van der Waals surface area (Å²) in [5.74, 6) is 1.21. The zero-order valence-electron chi connectivity index (χ0n) is 15.3. The van der Waals surface area contributed by atoms with E-state index in [1.807, 2.05) is 39.8 Å². The highest BCUT2D eigenvalue weighted by Crippen LogP contribution is 2.23. The first kappa shape index (κ1) is 18.1. The van der Waals surface area contributed by atoms with Crippen LogP contribution < -0.4 is 5.32 Å². The van der Waals surface area contributed by atoms with E-state index in [0.717, 1.165) is 0 Å². The van der Waals surface area contributed by atoms with Crippen molar-refractivity contribution in [2.45, 2.75) is 52.1 Å². The Kier molecular flexibility index (Phi) is 4.80. The molecule has 0 unspecified atom stereocenters. The van der Waals surface area contributed by atoms with Crippen LogP contribution in [0.25, 0.3) is 0 Å². The Balaban J connectivity index is 2.12. The molecule has 132 valence electrons. The van der Waals surface area contributed by atoms with Gasteiger partial charge in [-0.1, -0.05) is 31.1 Å². The van der Waals surface area contributed by atoms with E-state index in [9.17, 15) is 4.79 Å². The van der Waals surface area contributed by atoms with Gasteiger partial charge < -0.3 is 19.3 Å².